The van der Waals surface area contributed by atoms with E-state index in [9.17, 15) is 4.79 Å². The minimum absolute atomic E-state index is 0.169. The highest BCUT2D eigenvalue weighted by Crippen LogP contribution is 2.19. The molecule has 0 aromatic heterocycles. The van der Waals surface area contributed by atoms with Crippen molar-refractivity contribution in [2.75, 3.05) is 7.11 Å². The van der Waals surface area contributed by atoms with E-state index >= 15 is 0 Å². The topological polar surface area (TPSA) is 58.6 Å². The molecule has 4 heteroatoms. The van der Waals surface area contributed by atoms with Crippen LogP contribution in [0.3, 0.4) is 0 Å². The Balaban J connectivity index is 2.53. The number of carboxylic acids is 1. The van der Waals surface area contributed by atoms with Gasteiger partial charge in [0.1, 0.15) is 5.75 Å². The summed E-state index contributed by atoms with van der Waals surface area (Å²) >= 11 is 0. The van der Waals surface area contributed by atoms with Crippen LogP contribution in [0.2, 0.25) is 0 Å². The maximum Gasteiger partial charge on any atom is 0.303 e. The Bertz CT molecular complexity index is 392. The molecule has 18 heavy (non-hydrogen) atoms. The summed E-state index contributed by atoms with van der Waals surface area (Å²) in [7, 11) is 1.65. The van der Waals surface area contributed by atoms with E-state index in [0.29, 0.717) is 6.42 Å². The molecule has 0 spiro atoms. The van der Waals surface area contributed by atoms with Gasteiger partial charge in [0.05, 0.1) is 7.11 Å². The summed E-state index contributed by atoms with van der Waals surface area (Å²) in [4.78, 5) is 10.5. The van der Waals surface area contributed by atoms with E-state index in [-0.39, 0.29) is 18.5 Å². The normalized spacial score (nSPS) is 13.9. The van der Waals surface area contributed by atoms with Gasteiger partial charge in [0.25, 0.3) is 0 Å². The molecule has 0 bridgehead atoms. The van der Waals surface area contributed by atoms with Gasteiger partial charge in [0.15, 0.2) is 0 Å². The van der Waals surface area contributed by atoms with Crippen molar-refractivity contribution in [3.63, 3.8) is 0 Å². The molecule has 1 aromatic carbocycles. The quantitative estimate of drug-likeness (QED) is 0.782. The van der Waals surface area contributed by atoms with E-state index in [1.165, 1.54) is 0 Å². The third kappa shape index (κ3) is 4.75. The molecule has 0 radical (unpaired) electrons. The molecule has 2 N–H and O–H groups in total. The van der Waals surface area contributed by atoms with E-state index in [0.717, 1.165) is 11.3 Å². The van der Waals surface area contributed by atoms with Gasteiger partial charge < -0.3 is 15.2 Å². The molecule has 0 saturated heterocycles. The molecule has 0 saturated carbocycles. The van der Waals surface area contributed by atoms with Gasteiger partial charge in [0.2, 0.25) is 0 Å². The lowest BCUT2D eigenvalue weighted by Gasteiger charge is -2.20. The van der Waals surface area contributed by atoms with Crippen molar-refractivity contribution in [3.05, 3.63) is 29.8 Å². The van der Waals surface area contributed by atoms with Crippen LogP contribution in [0.4, 0.5) is 0 Å². The van der Waals surface area contributed by atoms with Crippen LogP contribution < -0.4 is 10.1 Å². The molecule has 0 aliphatic heterocycles. The maximum atomic E-state index is 10.5. The number of benzene rings is 1. The SMILES string of the molecule is COc1cccc(C(C)NC(C)CCC(=O)O)c1. The number of methoxy groups -OCH3 is 1. The van der Waals surface area contributed by atoms with Gasteiger partial charge in [-0.1, -0.05) is 12.1 Å². The summed E-state index contributed by atoms with van der Waals surface area (Å²) in [5, 5.41) is 12.0. The van der Waals surface area contributed by atoms with Crippen molar-refractivity contribution in [2.24, 2.45) is 0 Å². The highest BCUT2D eigenvalue weighted by Gasteiger charge is 2.11. The first-order chi connectivity index (χ1) is 8.52. The van der Waals surface area contributed by atoms with Crippen molar-refractivity contribution >= 4 is 5.97 Å². The lowest BCUT2D eigenvalue weighted by Crippen LogP contribution is -2.29. The molecular formula is C14H21NO3. The van der Waals surface area contributed by atoms with E-state index in [1.807, 2.05) is 31.2 Å². The van der Waals surface area contributed by atoms with E-state index in [4.69, 9.17) is 9.84 Å². The van der Waals surface area contributed by atoms with Crippen LogP contribution in [0.15, 0.2) is 24.3 Å². The highest BCUT2D eigenvalue weighted by atomic mass is 16.5. The van der Waals surface area contributed by atoms with Crippen molar-refractivity contribution in [1.82, 2.24) is 5.32 Å². The second-order valence-corrected chi connectivity index (χ2v) is 4.50. The molecular weight excluding hydrogens is 230 g/mol. The Morgan fingerprint density at radius 3 is 2.78 bits per heavy atom. The zero-order valence-electron chi connectivity index (χ0n) is 11.1. The second kappa shape index (κ2) is 7.01. The van der Waals surface area contributed by atoms with Gasteiger partial charge in [-0.3, -0.25) is 4.79 Å². The van der Waals surface area contributed by atoms with Crippen LogP contribution in [0.25, 0.3) is 0 Å². The van der Waals surface area contributed by atoms with Crippen LogP contribution in [0.1, 0.15) is 38.3 Å². The van der Waals surface area contributed by atoms with Crippen LogP contribution in [0.5, 0.6) is 5.75 Å². The molecule has 0 aliphatic carbocycles. The largest absolute Gasteiger partial charge is 0.497 e. The first-order valence-corrected chi connectivity index (χ1v) is 6.14. The number of ether oxygens (including phenoxy) is 1. The Kier molecular flexibility index (Phi) is 5.65. The monoisotopic (exact) mass is 251 g/mol. The predicted octanol–water partition coefficient (Wildman–Crippen LogP) is 2.60. The molecule has 0 heterocycles. The average Bonchev–Trinajstić information content (AvgIpc) is 2.36. The van der Waals surface area contributed by atoms with Crippen molar-refractivity contribution < 1.29 is 14.6 Å². The summed E-state index contributed by atoms with van der Waals surface area (Å²) in [5.74, 6) is 0.0806. The summed E-state index contributed by atoms with van der Waals surface area (Å²) in [5.41, 5.74) is 1.14. The molecule has 0 fully saturated rings. The Hall–Kier alpha value is -1.55. The minimum atomic E-state index is -0.752. The standard InChI is InChI=1S/C14H21NO3/c1-10(7-8-14(16)17)15-11(2)12-5-4-6-13(9-12)18-3/h4-6,9-11,15H,7-8H2,1-3H3,(H,16,17). The highest BCUT2D eigenvalue weighted by molar-refractivity contribution is 5.66. The van der Waals surface area contributed by atoms with E-state index < -0.39 is 5.97 Å². The lowest BCUT2D eigenvalue weighted by molar-refractivity contribution is -0.137. The number of hydrogen-bond acceptors (Lipinski definition) is 3. The fourth-order valence-electron chi connectivity index (χ4n) is 1.86. The first kappa shape index (κ1) is 14.5. The molecule has 4 nitrogen and oxygen atoms in total. The van der Waals surface area contributed by atoms with Gasteiger partial charge in [-0.15, -0.1) is 0 Å². The van der Waals surface area contributed by atoms with Crippen LogP contribution in [-0.4, -0.2) is 24.2 Å². The van der Waals surface area contributed by atoms with Gasteiger partial charge in [-0.25, -0.2) is 0 Å². The lowest BCUT2D eigenvalue weighted by atomic mass is 10.1. The molecule has 0 aliphatic rings. The Morgan fingerprint density at radius 1 is 1.44 bits per heavy atom. The number of carboxylic acid groups (broad SMARTS) is 1. The molecule has 0 amide bonds. The Morgan fingerprint density at radius 2 is 2.17 bits per heavy atom. The van der Waals surface area contributed by atoms with Crippen molar-refractivity contribution in [2.45, 2.75) is 38.8 Å². The van der Waals surface area contributed by atoms with E-state index in [1.54, 1.807) is 7.11 Å². The van der Waals surface area contributed by atoms with Gasteiger partial charge in [-0.2, -0.15) is 0 Å². The number of aliphatic carboxylic acids is 1. The number of hydrogen-bond donors (Lipinski definition) is 2. The number of rotatable bonds is 7. The molecule has 1 aromatic rings. The summed E-state index contributed by atoms with van der Waals surface area (Å²) < 4.78 is 5.18. The van der Waals surface area contributed by atoms with Crippen LogP contribution >= 0.6 is 0 Å². The molecule has 1 rings (SSSR count). The number of carbonyl (C=O) groups is 1. The zero-order chi connectivity index (χ0) is 13.5. The molecule has 2 unspecified atom stereocenters. The molecule has 2 atom stereocenters. The van der Waals surface area contributed by atoms with Gasteiger partial charge in [0, 0.05) is 18.5 Å². The molecule has 100 valence electrons. The van der Waals surface area contributed by atoms with E-state index in [2.05, 4.69) is 12.2 Å². The third-order valence-corrected chi connectivity index (χ3v) is 2.92. The van der Waals surface area contributed by atoms with Crippen molar-refractivity contribution in [1.29, 1.82) is 0 Å². The minimum Gasteiger partial charge on any atom is -0.497 e. The summed E-state index contributed by atoms with van der Waals surface area (Å²) in [6, 6.07) is 8.22. The maximum absolute atomic E-state index is 10.5. The first-order valence-electron chi connectivity index (χ1n) is 6.14. The smallest absolute Gasteiger partial charge is 0.303 e. The summed E-state index contributed by atoms with van der Waals surface area (Å²) in [6.07, 6.45) is 0.822. The van der Waals surface area contributed by atoms with Crippen LogP contribution in [0, 0.1) is 0 Å². The van der Waals surface area contributed by atoms with Crippen molar-refractivity contribution in [3.8, 4) is 5.75 Å². The zero-order valence-corrected chi connectivity index (χ0v) is 11.1. The van der Waals surface area contributed by atoms with Gasteiger partial charge >= 0.3 is 5.97 Å². The van der Waals surface area contributed by atoms with Crippen LogP contribution in [-0.2, 0) is 4.79 Å². The summed E-state index contributed by atoms with van der Waals surface area (Å²) in [6.45, 7) is 4.06. The average molecular weight is 251 g/mol. The number of nitrogens with one attached hydrogen (secondary N) is 1. The third-order valence-electron chi connectivity index (χ3n) is 2.92. The second-order valence-electron chi connectivity index (χ2n) is 4.50. The Labute approximate surface area is 108 Å². The predicted molar refractivity (Wildman–Crippen MR) is 70.9 cm³/mol. The fraction of sp³-hybridized carbons (Fsp3) is 0.500. The fourth-order valence-corrected chi connectivity index (χ4v) is 1.86. The van der Waals surface area contributed by atoms with Gasteiger partial charge in [-0.05, 0) is 38.0 Å².